The van der Waals surface area contributed by atoms with E-state index in [-0.39, 0.29) is 5.82 Å². The van der Waals surface area contributed by atoms with Crippen molar-refractivity contribution in [3.63, 3.8) is 0 Å². The molecule has 3 rings (SSSR count). The Bertz CT molecular complexity index is 758. The summed E-state index contributed by atoms with van der Waals surface area (Å²) in [7, 11) is 0. The van der Waals surface area contributed by atoms with Gasteiger partial charge in [-0.2, -0.15) is 0 Å². The molecule has 2 nitrogen and oxygen atoms in total. The second-order valence-electron chi connectivity index (χ2n) is 4.51. The number of hydrogen-bond donors (Lipinski definition) is 1. The van der Waals surface area contributed by atoms with Crippen molar-refractivity contribution in [1.29, 1.82) is 0 Å². The molecule has 0 saturated carbocycles. The van der Waals surface area contributed by atoms with Crippen LogP contribution in [0.2, 0.25) is 5.02 Å². The Labute approximate surface area is 121 Å². The Morgan fingerprint density at radius 3 is 2.85 bits per heavy atom. The summed E-state index contributed by atoms with van der Waals surface area (Å²) >= 11 is 5.87. The van der Waals surface area contributed by atoms with Gasteiger partial charge in [-0.25, -0.2) is 4.39 Å². The molecule has 0 bridgehead atoms. The molecule has 0 radical (unpaired) electrons. The van der Waals surface area contributed by atoms with E-state index in [0.717, 1.165) is 16.6 Å². The summed E-state index contributed by atoms with van der Waals surface area (Å²) < 4.78 is 13.6. The van der Waals surface area contributed by atoms with Crippen molar-refractivity contribution in [2.75, 3.05) is 5.32 Å². The average molecular weight is 287 g/mol. The predicted octanol–water partition coefficient (Wildman–Crippen LogP) is 4.64. The van der Waals surface area contributed by atoms with E-state index in [1.807, 2.05) is 30.3 Å². The van der Waals surface area contributed by atoms with E-state index in [2.05, 4.69) is 10.3 Å². The van der Waals surface area contributed by atoms with Crippen LogP contribution in [0.25, 0.3) is 10.9 Å². The van der Waals surface area contributed by atoms with Crippen molar-refractivity contribution in [2.24, 2.45) is 0 Å². The van der Waals surface area contributed by atoms with Crippen LogP contribution in [-0.4, -0.2) is 4.98 Å². The highest BCUT2D eigenvalue weighted by atomic mass is 35.5. The largest absolute Gasteiger partial charge is 0.380 e. The van der Waals surface area contributed by atoms with Crippen molar-refractivity contribution in [2.45, 2.75) is 6.54 Å². The third-order valence-electron chi connectivity index (χ3n) is 3.08. The van der Waals surface area contributed by atoms with Crippen LogP contribution in [0.1, 0.15) is 5.56 Å². The number of benzene rings is 2. The Morgan fingerprint density at radius 2 is 1.95 bits per heavy atom. The van der Waals surface area contributed by atoms with Gasteiger partial charge in [0.15, 0.2) is 0 Å². The number of anilines is 1. The van der Waals surface area contributed by atoms with Crippen LogP contribution < -0.4 is 5.32 Å². The first kappa shape index (κ1) is 12.9. The minimum atomic E-state index is -0.268. The first-order chi connectivity index (χ1) is 9.72. The lowest BCUT2D eigenvalue weighted by Gasteiger charge is -2.08. The summed E-state index contributed by atoms with van der Waals surface area (Å²) in [4.78, 5) is 4.35. The van der Waals surface area contributed by atoms with Crippen LogP contribution in [0.3, 0.4) is 0 Å². The van der Waals surface area contributed by atoms with E-state index >= 15 is 0 Å². The highest BCUT2D eigenvalue weighted by Crippen LogP contribution is 2.19. The maximum Gasteiger partial charge on any atom is 0.128 e. The fourth-order valence-electron chi connectivity index (χ4n) is 2.04. The summed E-state index contributed by atoms with van der Waals surface area (Å²) in [5.41, 5.74) is 2.32. The van der Waals surface area contributed by atoms with Crippen molar-refractivity contribution >= 4 is 28.2 Å². The van der Waals surface area contributed by atoms with Crippen LogP contribution in [0.5, 0.6) is 0 Å². The Kier molecular flexibility index (Phi) is 3.52. The van der Waals surface area contributed by atoms with Gasteiger partial charge in [-0.15, -0.1) is 0 Å². The number of fused-ring (bicyclic) bond motifs is 1. The smallest absolute Gasteiger partial charge is 0.128 e. The van der Waals surface area contributed by atoms with E-state index in [0.29, 0.717) is 17.1 Å². The fourth-order valence-corrected chi connectivity index (χ4v) is 2.24. The third-order valence-corrected chi connectivity index (χ3v) is 3.32. The van der Waals surface area contributed by atoms with Gasteiger partial charge in [0.05, 0.1) is 17.4 Å². The molecule has 1 aromatic heterocycles. The highest BCUT2D eigenvalue weighted by molar-refractivity contribution is 6.30. The molecule has 0 aliphatic carbocycles. The monoisotopic (exact) mass is 286 g/mol. The van der Waals surface area contributed by atoms with Crippen molar-refractivity contribution in [3.8, 4) is 0 Å². The molecule has 0 saturated heterocycles. The Hall–Kier alpha value is -2.13. The van der Waals surface area contributed by atoms with Crippen molar-refractivity contribution in [1.82, 2.24) is 4.98 Å². The molecule has 0 atom stereocenters. The first-order valence-electron chi connectivity index (χ1n) is 6.25. The zero-order valence-corrected chi connectivity index (χ0v) is 11.4. The minimum Gasteiger partial charge on any atom is -0.380 e. The number of aromatic nitrogens is 1. The zero-order valence-electron chi connectivity index (χ0n) is 10.6. The van der Waals surface area contributed by atoms with Crippen molar-refractivity contribution < 1.29 is 4.39 Å². The van der Waals surface area contributed by atoms with Crippen LogP contribution >= 0.6 is 11.6 Å². The topological polar surface area (TPSA) is 24.9 Å². The van der Waals surface area contributed by atoms with Gasteiger partial charge < -0.3 is 5.32 Å². The summed E-state index contributed by atoms with van der Waals surface area (Å²) in [5, 5.41) is 4.73. The molecule has 0 amide bonds. The molecular weight excluding hydrogens is 275 g/mol. The molecule has 0 fully saturated rings. The normalized spacial score (nSPS) is 10.7. The maximum atomic E-state index is 13.6. The van der Waals surface area contributed by atoms with Crippen LogP contribution in [-0.2, 0) is 6.54 Å². The molecule has 1 N–H and O–H groups in total. The lowest BCUT2D eigenvalue weighted by molar-refractivity contribution is 0.613. The lowest BCUT2D eigenvalue weighted by atomic mass is 10.2. The summed E-state index contributed by atoms with van der Waals surface area (Å²) in [6.07, 6.45) is 1.74. The number of halogens is 2. The summed E-state index contributed by atoms with van der Waals surface area (Å²) in [5.74, 6) is -0.268. The number of pyridine rings is 1. The number of hydrogen-bond acceptors (Lipinski definition) is 2. The molecule has 0 spiro atoms. The molecule has 20 heavy (non-hydrogen) atoms. The average Bonchev–Trinajstić information content (AvgIpc) is 2.48. The van der Waals surface area contributed by atoms with Crippen LogP contribution in [0.4, 0.5) is 10.1 Å². The van der Waals surface area contributed by atoms with Gasteiger partial charge in [-0.05, 0) is 30.3 Å². The molecule has 4 heteroatoms. The molecule has 1 heterocycles. The van der Waals surface area contributed by atoms with E-state index in [1.54, 1.807) is 12.3 Å². The van der Waals surface area contributed by atoms with E-state index in [1.165, 1.54) is 12.1 Å². The van der Waals surface area contributed by atoms with E-state index in [9.17, 15) is 4.39 Å². The first-order valence-corrected chi connectivity index (χ1v) is 6.63. The van der Waals surface area contributed by atoms with E-state index < -0.39 is 0 Å². The zero-order chi connectivity index (χ0) is 13.9. The second kappa shape index (κ2) is 5.47. The standard InChI is InChI=1S/C16H12ClFN2/c17-13-5-6-15(18)12(7-13)9-19-14-8-11-3-1-2-4-16(11)20-10-14/h1-8,10,19H,9H2. The Balaban J connectivity index is 1.81. The number of para-hydroxylation sites is 1. The molecule has 100 valence electrons. The van der Waals surface area contributed by atoms with Gasteiger partial charge in [-0.3, -0.25) is 4.98 Å². The van der Waals surface area contributed by atoms with Gasteiger partial charge in [0.25, 0.3) is 0 Å². The van der Waals surface area contributed by atoms with Crippen LogP contribution in [0.15, 0.2) is 54.7 Å². The van der Waals surface area contributed by atoms with Gasteiger partial charge in [-0.1, -0.05) is 29.8 Å². The minimum absolute atomic E-state index is 0.268. The second-order valence-corrected chi connectivity index (χ2v) is 4.94. The molecule has 3 aromatic rings. The number of nitrogens with zero attached hydrogens (tertiary/aromatic N) is 1. The van der Waals surface area contributed by atoms with E-state index in [4.69, 9.17) is 11.6 Å². The van der Waals surface area contributed by atoms with Gasteiger partial charge in [0.1, 0.15) is 5.82 Å². The SMILES string of the molecule is Fc1ccc(Cl)cc1CNc1cnc2ccccc2c1. The summed E-state index contributed by atoms with van der Waals surface area (Å²) in [6, 6.07) is 14.4. The third kappa shape index (κ3) is 2.73. The molecule has 0 aliphatic heterocycles. The molecule has 2 aromatic carbocycles. The number of rotatable bonds is 3. The predicted molar refractivity (Wildman–Crippen MR) is 80.5 cm³/mol. The maximum absolute atomic E-state index is 13.6. The highest BCUT2D eigenvalue weighted by Gasteiger charge is 2.03. The Morgan fingerprint density at radius 1 is 1.10 bits per heavy atom. The fraction of sp³-hybridized carbons (Fsp3) is 0.0625. The molecule has 0 aliphatic rings. The number of nitrogens with one attached hydrogen (secondary N) is 1. The lowest BCUT2D eigenvalue weighted by Crippen LogP contribution is -2.02. The van der Waals surface area contributed by atoms with Gasteiger partial charge in [0.2, 0.25) is 0 Å². The van der Waals surface area contributed by atoms with Crippen LogP contribution in [0, 0.1) is 5.82 Å². The molecular formula is C16H12ClFN2. The van der Waals surface area contributed by atoms with Gasteiger partial charge >= 0.3 is 0 Å². The summed E-state index contributed by atoms with van der Waals surface area (Å²) in [6.45, 7) is 0.367. The van der Waals surface area contributed by atoms with Crippen molar-refractivity contribution in [3.05, 3.63) is 71.1 Å². The quantitative estimate of drug-likeness (QED) is 0.759. The van der Waals surface area contributed by atoms with Gasteiger partial charge in [0, 0.05) is 22.5 Å². The molecule has 0 unspecified atom stereocenters.